The molecule has 82 valence electrons. The molecule has 0 aromatic carbocycles. The summed E-state index contributed by atoms with van der Waals surface area (Å²) in [4.78, 5) is 4.29. The van der Waals surface area contributed by atoms with Gasteiger partial charge in [-0.2, -0.15) is 4.99 Å². The fourth-order valence-electron chi connectivity index (χ4n) is 1.12. The maximum absolute atomic E-state index is 5.64. The largest absolute Gasteiger partial charge is 0.407 e. The van der Waals surface area contributed by atoms with Gasteiger partial charge in [-0.15, -0.1) is 5.10 Å². The SMILES string of the molecule is C=C1C=C(C)N=C([Cl+]c2ccc(Cl)nn2)N1. The highest BCUT2D eigenvalue weighted by Crippen LogP contribution is 2.10. The van der Waals surface area contributed by atoms with Gasteiger partial charge in [0.25, 0.3) is 10.8 Å². The minimum absolute atomic E-state index is 0.369. The van der Waals surface area contributed by atoms with Gasteiger partial charge in [-0.05, 0) is 19.1 Å². The summed E-state index contributed by atoms with van der Waals surface area (Å²) in [7, 11) is 1.92. The average molecular weight is 256 g/mol. The van der Waals surface area contributed by atoms with Crippen LogP contribution in [0.15, 0.2) is 41.2 Å². The number of aliphatic imine (C=N–C) groups is 1. The van der Waals surface area contributed by atoms with Crippen LogP contribution in [-0.2, 0) is 0 Å². The molecule has 0 atom stereocenters. The summed E-state index contributed by atoms with van der Waals surface area (Å²) in [5.74, 6) is 0. The zero-order valence-electron chi connectivity index (χ0n) is 8.54. The maximum atomic E-state index is 5.64. The van der Waals surface area contributed by atoms with Crippen LogP contribution in [0, 0.1) is 10.8 Å². The number of nitrogens with zero attached hydrogens (tertiary/aromatic N) is 3. The molecular formula is C10H9Cl2N4+. The topological polar surface area (TPSA) is 50.2 Å². The molecule has 0 bridgehead atoms. The van der Waals surface area contributed by atoms with Gasteiger partial charge in [0.1, 0.15) is 0 Å². The number of aromatic nitrogens is 2. The van der Waals surface area contributed by atoms with E-state index in [9.17, 15) is 0 Å². The first kappa shape index (κ1) is 11.1. The van der Waals surface area contributed by atoms with Crippen LogP contribution >= 0.6 is 11.6 Å². The van der Waals surface area contributed by atoms with Crippen molar-refractivity contribution >= 4 is 16.9 Å². The molecule has 0 aliphatic carbocycles. The number of allylic oxidation sites excluding steroid dienone is 2. The van der Waals surface area contributed by atoms with E-state index in [4.69, 9.17) is 11.6 Å². The van der Waals surface area contributed by atoms with Crippen molar-refractivity contribution in [3.63, 3.8) is 0 Å². The summed E-state index contributed by atoms with van der Waals surface area (Å²) < 4.78 is 0. The van der Waals surface area contributed by atoms with Crippen molar-refractivity contribution < 1.29 is 10.8 Å². The van der Waals surface area contributed by atoms with E-state index < -0.39 is 0 Å². The monoisotopic (exact) mass is 255 g/mol. The fourth-order valence-corrected chi connectivity index (χ4v) is 1.95. The number of hydrogen-bond acceptors (Lipinski definition) is 4. The lowest BCUT2D eigenvalue weighted by Crippen LogP contribution is -2.25. The summed E-state index contributed by atoms with van der Waals surface area (Å²) in [6.45, 7) is 5.73. The average Bonchev–Trinajstić information content (AvgIpc) is 2.20. The van der Waals surface area contributed by atoms with Gasteiger partial charge < -0.3 is 0 Å². The first-order chi connectivity index (χ1) is 7.63. The normalized spacial score (nSPS) is 15.2. The molecular weight excluding hydrogens is 247 g/mol. The summed E-state index contributed by atoms with van der Waals surface area (Å²) >= 11 is 5.64. The number of hydrogen-bond donors (Lipinski definition) is 1. The second-order valence-electron chi connectivity index (χ2n) is 3.11. The lowest BCUT2D eigenvalue weighted by atomic mass is 10.3. The summed E-state index contributed by atoms with van der Waals surface area (Å²) in [6, 6.07) is 3.45. The minimum Gasteiger partial charge on any atom is -0.290 e. The Morgan fingerprint density at radius 1 is 1.38 bits per heavy atom. The van der Waals surface area contributed by atoms with Crippen LogP contribution in [0.4, 0.5) is 0 Å². The third-order valence-electron chi connectivity index (χ3n) is 1.71. The van der Waals surface area contributed by atoms with Crippen molar-refractivity contribution in [1.29, 1.82) is 0 Å². The lowest BCUT2D eigenvalue weighted by molar-refractivity contribution is -0.483. The van der Waals surface area contributed by atoms with Crippen molar-refractivity contribution in [2.45, 2.75) is 6.92 Å². The van der Waals surface area contributed by atoms with Crippen molar-refractivity contribution in [1.82, 2.24) is 15.5 Å². The van der Waals surface area contributed by atoms with E-state index >= 15 is 0 Å². The number of rotatable bonds is 2. The Bertz CT molecular complexity index is 476. The Morgan fingerprint density at radius 2 is 2.19 bits per heavy atom. The van der Waals surface area contributed by atoms with Crippen LogP contribution < -0.4 is 5.32 Å². The maximum Gasteiger partial charge on any atom is 0.407 e. The lowest BCUT2D eigenvalue weighted by Gasteiger charge is -2.05. The molecule has 0 radical (unpaired) electrons. The van der Waals surface area contributed by atoms with Gasteiger partial charge in [0, 0.05) is 17.5 Å². The van der Waals surface area contributed by atoms with Gasteiger partial charge >= 0.3 is 10.4 Å². The Hall–Kier alpha value is -1.39. The fraction of sp³-hybridized carbons (Fsp3) is 0.100. The zero-order valence-corrected chi connectivity index (χ0v) is 10.0. The second-order valence-corrected chi connectivity index (χ2v) is 4.43. The van der Waals surface area contributed by atoms with Crippen molar-refractivity contribution in [2.75, 3.05) is 0 Å². The highest BCUT2D eigenvalue weighted by Gasteiger charge is 2.24. The molecule has 2 rings (SSSR count). The first-order valence-corrected chi connectivity index (χ1v) is 5.64. The molecule has 6 heteroatoms. The molecule has 1 aliphatic rings. The molecule has 4 nitrogen and oxygen atoms in total. The molecule has 0 saturated heterocycles. The van der Waals surface area contributed by atoms with Crippen LogP contribution in [0.1, 0.15) is 6.92 Å². The minimum atomic E-state index is 0.369. The third-order valence-corrected chi connectivity index (χ3v) is 2.66. The predicted molar refractivity (Wildman–Crippen MR) is 59.7 cm³/mol. The molecule has 0 amide bonds. The quantitative estimate of drug-likeness (QED) is 0.823. The summed E-state index contributed by atoms with van der Waals surface area (Å²) in [5.41, 5.74) is 1.70. The van der Waals surface area contributed by atoms with E-state index in [1.807, 2.05) is 23.8 Å². The molecule has 1 aliphatic heterocycles. The number of nitrogens with one attached hydrogen (secondary N) is 1. The molecule has 0 unspecified atom stereocenters. The van der Waals surface area contributed by atoms with E-state index in [1.165, 1.54) is 0 Å². The number of amidine groups is 1. The Labute approximate surface area is 102 Å². The second kappa shape index (κ2) is 4.63. The summed E-state index contributed by atoms with van der Waals surface area (Å²) in [6.07, 6.45) is 1.86. The van der Waals surface area contributed by atoms with E-state index in [2.05, 4.69) is 27.1 Å². The van der Waals surface area contributed by atoms with Gasteiger partial charge in [0.05, 0.1) is 0 Å². The predicted octanol–water partition coefficient (Wildman–Crippen LogP) is 2.01. The highest BCUT2D eigenvalue weighted by atomic mass is 35.5. The van der Waals surface area contributed by atoms with Crippen LogP contribution in [-0.4, -0.2) is 15.5 Å². The van der Waals surface area contributed by atoms with E-state index in [1.54, 1.807) is 12.1 Å². The van der Waals surface area contributed by atoms with Crippen LogP contribution in [0.2, 0.25) is 10.3 Å². The van der Waals surface area contributed by atoms with Gasteiger partial charge in [0.15, 0.2) is 5.15 Å². The van der Waals surface area contributed by atoms with E-state index in [-0.39, 0.29) is 0 Å². The van der Waals surface area contributed by atoms with Crippen LogP contribution in [0.5, 0.6) is 0 Å². The van der Waals surface area contributed by atoms with Gasteiger partial charge in [-0.1, -0.05) is 23.3 Å². The zero-order chi connectivity index (χ0) is 11.5. The Kier molecular flexibility index (Phi) is 3.22. The van der Waals surface area contributed by atoms with E-state index in [0.717, 1.165) is 11.4 Å². The molecule has 1 N–H and O–H groups in total. The molecule has 0 fully saturated rings. The Balaban J connectivity index is 2.13. The van der Waals surface area contributed by atoms with E-state index in [0.29, 0.717) is 15.6 Å². The molecule has 0 spiro atoms. The first-order valence-electron chi connectivity index (χ1n) is 4.50. The van der Waals surface area contributed by atoms with Crippen molar-refractivity contribution in [2.24, 2.45) is 4.99 Å². The highest BCUT2D eigenvalue weighted by molar-refractivity contribution is 6.29. The molecule has 1 aromatic heterocycles. The molecule has 16 heavy (non-hydrogen) atoms. The van der Waals surface area contributed by atoms with Crippen molar-refractivity contribution in [3.05, 3.63) is 46.5 Å². The van der Waals surface area contributed by atoms with Crippen LogP contribution in [0.25, 0.3) is 0 Å². The smallest absolute Gasteiger partial charge is 0.290 e. The van der Waals surface area contributed by atoms with Gasteiger partial charge in [-0.25, -0.2) is 0 Å². The number of halogens is 2. The molecule has 1 aromatic rings. The van der Waals surface area contributed by atoms with Gasteiger partial charge in [-0.3, -0.25) is 5.32 Å². The Morgan fingerprint density at radius 3 is 2.81 bits per heavy atom. The third kappa shape index (κ3) is 2.81. The van der Waals surface area contributed by atoms with Crippen molar-refractivity contribution in [3.8, 4) is 0 Å². The summed E-state index contributed by atoms with van der Waals surface area (Å²) in [5, 5.41) is 12.4. The van der Waals surface area contributed by atoms with Gasteiger partial charge in [0.2, 0.25) is 0 Å². The molecule has 2 heterocycles. The molecule has 0 saturated carbocycles. The standard InChI is InChI=1S/C10H9Cl2N4/c1-6-5-7(2)14-10(13-6)12-9-4-3-8(11)15-16-9/h3-5H,1H2,2H3,(H,13,14)/q+1. The van der Waals surface area contributed by atoms with Crippen LogP contribution in [0.3, 0.4) is 0 Å².